The number of alkyl halides is 3. The molecular weight excluding hydrogens is 442 g/mol. The van der Waals surface area contributed by atoms with Crippen molar-refractivity contribution in [3.63, 3.8) is 0 Å². The fourth-order valence-corrected chi connectivity index (χ4v) is 2.92. The first-order valence-electron chi connectivity index (χ1n) is 9.25. The predicted octanol–water partition coefficient (Wildman–Crippen LogP) is 4.41. The lowest BCUT2D eigenvalue weighted by Gasteiger charge is -2.24. The molecule has 0 saturated heterocycles. The van der Waals surface area contributed by atoms with Gasteiger partial charge in [0.15, 0.2) is 0 Å². The maximum atomic E-state index is 13.4. The van der Waals surface area contributed by atoms with Crippen molar-refractivity contribution >= 4 is 24.0 Å². The number of aliphatic hydroxyl groups excluding tert-OH is 2. The van der Waals surface area contributed by atoms with E-state index in [1.54, 1.807) is 18.2 Å². The minimum atomic E-state index is -4.56. The molecule has 0 spiro atoms. The highest BCUT2D eigenvalue weighted by Crippen LogP contribution is 2.37. The van der Waals surface area contributed by atoms with Gasteiger partial charge in [0.25, 0.3) is 0 Å². The molecule has 30 heavy (non-hydrogen) atoms. The summed E-state index contributed by atoms with van der Waals surface area (Å²) in [6, 6.07) is 11.1. The van der Waals surface area contributed by atoms with E-state index in [-0.39, 0.29) is 37.6 Å². The predicted molar refractivity (Wildman–Crippen MR) is 113 cm³/mol. The van der Waals surface area contributed by atoms with Gasteiger partial charge in [0.1, 0.15) is 5.75 Å². The number of hydrogen-bond acceptors (Lipinski definition) is 4. The highest BCUT2D eigenvalue weighted by atomic mass is 35.5. The molecule has 0 radical (unpaired) electrons. The van der Waals surface area contributed by atoms with Gasteiger partial charge in [0, 0.05) is 5.02 Å². The zero-order valence-corrected chi connectivity index (χ0v) is 17.9. The van der Waals surface area contributed by atoms with Crippen LogP contribution in [0, 0.1) is 0 Å². The van der Waals surface area contributed by atoms with E-state index in [1.807, 2.05) is 12.1 Å². The number of rotatable bonds is 10. The zero-order valence-electron chi connectivity index (χ0n) is 16.3. The summed E-state index contributed by atoms with van der Waals surface area (Å²) in [5.41, 5.74) is 5.14. The SMILES string of the molecule is Cl.NC(CO)(CO)CCc1ccc(OCCCc2ccc(Cl)cc2)c(C(F)(F)F)c1. The van der Waals surface area contributed by atoms with Gasteiger partial charge >= 0.3 is 6.18 Å². The van der Waals surface area contributed by atoms with E-state index in [0.29, 0.717) is 23.4 Å². The molecule has 0 atom stereocenters. The highest BCUT2D eigenvalue weighted by molar-refractivity contribution is 6.30. The molecule has 0 aromatic heterocycles. The van der Waals surface area contributed by atoms with Crippen LogP contribution in [0.2, 0.25) is 5.02 Å². The summed E-state index contributed by atoms with van der Waals surface area (Å²) < 4.78 is 45.8. The normalized spacial score (nSPS) is 11.8. The molecule has 0 aliphatic heterocycles. The topological polar surface area (TPSA) is 75.7 Å². The zero-order chi connectivity index (χ0) is 21.5. The number of aryl methyl sites for hydroxylation is 2. The quantitative estimate of drug-likeness (QED) is 0.452. The van der Waals surface area contributed by atoms with Crippen molar-refractivity contribution in [1.82, 2.24) is 0 Å². The lowest BCUT2D eigenvalue weighted by molar-refractivity contribution is -0.139. The van der Waals surface area contributed by atoms with Crippen molar-refractivity contribution in [3.8, 4) is 5.75 Å². The van der Waals surface area contributed by atoms with Crippen molar-refractivity contribution in [2.24, 2.45) is 5.73 Å². The number of aliphatic hydroxyl groups is 2. The minimum Gasteiger partial charge on any atom is -0.493 e. The molecule has 168 valence electrons. The molecule has 0 fully saturated rings. The Morgan fingerprint density at radius 1 is 0.933 bits per heavy atom. The van der Waals surface area contributed by atoms with Crippen LogP contribution in [0.1, 0.15) is 29.5 Å². The standard InChI is InChI=1S/C21H25ClF3NO3.ClH/c22-17-6-3-15(4-7-17)2-1-11-29-19-8-5-16(12-18(19)21(23,24)25)9-10-20(26,13-27)14-28;/h3-8,12,27-28H,1-2,9-11,13-14,26H2;1H. The van der Waals surface area contributed by atoms with Crippen molar-refractivity contribution in [1.29, 1.82) is 0 Å². The third-order valence-electron chi connectivity index (χ3n) is 4.67. The Kier molecular flexibility index (Phi) is 10.4. The van der Waals surface area contributed by atoms with Crippen LogP contribution in [0.4, 0.5) is 13.2 Å². The number of hydrogen-bond donors (Lipinski definition) is 3. The Bertz CT molecular complexity index is 782. The second kappa shape index (κ2) is 11.8. The minimum absolute atomic E-state index is 0. The van der Waals surface area contributed by atoms with Gasteiger partial charge in [-0.15, -0.1) is 12.4 Å². The summed E-state index contributed by atoms with van der Waals surface area (Å²) in [6.45, 7) is -0.763. The van der Waals surface area contributed by atoms with E-state index in [4.69, 9.17) is 22.1 Å². The van der Waals surface area contributed by atoms with Crippen LogP contribution < -0.4 is 10.5 Å². The fraction of sp³-hybridized carbons (Fsp3) is 0.429. The molecule has 4 nitrogen and oxygen atoms in total. The summed E-state index contributed by atoms with van der Waals surface area (Å²) in [5, 5.41) is 19.1. The van der Waals surface area contributed by atoms with E-state index in [0.717, 1.165) is 11.6 Å². The first kappa shape index (κ1) is 26.5. The average Bonchev–Trinajstić information content (AvgIpc) is 2.70. The average molecular weight is 468 g/mol. The van der Waals surface area contributed by atoms with Gasteiger partial charge in [-0.2, -0.15) is 13.2 Å². The van der Waals surface area contributed by atoms with Gasteiger partial charge in [-0.05, 0) is 61.1 Å². The van der Waals surface area contributed by atoms with Gasteiger partial charge in [0.2, 0.25) is 0 Å². The molecule has 0 heterocycles. The van der Waals surface area contributed by atoms with Crippen LogP contribution in [0.25, 0.3) is 0 Å². The molecule has 0 unspecified atom stereocenters. The second-order valence-corrected chi connectivity index (χ2v) is 7.52. The first-order valence-corrected chi connectivity index (χ1v) is 9.62. The molecular formula is C21H26Cl2F3NO3. The smallest absolute Gasteiger partial charge is 0.419 e. The summed E-state index contributed by atoms with van der Waals surface area (Å²) >= 11 is 5.83. The van der Waals surface area contributed by atoms with Gasteiger partial charge in [-0.3, -0.25) is 0 Å². The van der Waals surface area contributed by atoms with Crippen molar-refractivity contribution in [2.45, 2.75) is 37.4 Å². The monoisotopic (exact) mass is 467 g/mol. The van der Waals surface area contributed by atoms with Crippen LogP contribution >= 0.6 is 24.0 Å². The first-order chi connectivity index (χ1) is 13.7. The van der Waals surface area contributed by atoms with Gasteiger partial charge in [-0.25, -0.2) is 0 Å². The van der Waals surface area contributed by atoms with E-state index >= 15 is 0 Å². The molecule has 0 bridgehead atoms. The van der Waals surface area contributed by atoms with Crippen LogP contribution in [-0.2, 0) is 19.0 Å². The summed E-state index contributed by atoms with van der Waals surface area (Å²) in [7, 11) is 0. The van der Waals surface area contributed by atoms with E-state index in [1.165, 1.54) is 6.07 Å². The number of ether oxygens (including phenoxy) is 1. The van der Waals surface area contributed by atoms with Crippen molar-refractivity contribution in [2.75, 3.05) is 19.8 Å². The Labute approximate surface area is 185 Å². The maximum Gasteiger partial charge on any atom is 0.419 e. The second-order valence-electron chi connectivity index (χ2n) is 7.09. The molecule has 9 heteroatoms. The number of nitrogens with two attached hydrogens (primary N) is 1. The maximum absolute atomic E-state index is 13.4. The fourth-order valence-electron chi connectivity index (χ4n) is 2.79. The van der Waals surface area contributed by atoms with Crippen LogP contribution in [0.3, 0.4) is 0 Å². The Morgan fingerprint density at radius 3 is 2.10 bits per heavy atom. The van der Waals surface area contributed by atoms with Crippen LogP contribution in [-0.4, -0.2) is 35.6 Å². The highest BCUT2D eigenvalue weighted by Gasteiger charge is 2.35. The number of benzene rings is 2. The molecule has 2 rings (SSSR count). The lowest BCUT2D eigenvalue weighted by Crippen LogP contribution is -2.47. The molecule has 0 aliphatic rings. The van der Waals surface area contributed by atoms with Crippen molar-refractivity contribution in [3.05, 3.63) is 64.2 Å². The molecule has 0 amide bonds. The van der Waals surface area contributed by atoms with Gasteiger partial charge in [0.05, 0.1) is 30.9 Å². The summed E-state index contributed by atoms with van der Waals surface area (Å²) in [4.78, 5) is 0. The lowest BCUT2D eigenvalue weighted by atomic mass is 9.93. The third-order valence-corrected chi connectivity index (χ3v) is 4.92. The Hall–Kier alpha value is -1.51. The summed E-state index contributed by atoms with van der Waals surface area (Å²) in [5.74, 6) is -0.222. The van der Waals surface area contributed by atoms with Crippen LogP contribution in [0.5, 0.6) is 5.75 Å². The Morgan fingerprint density at radius 2 is 1.53 bits per heavy atom. The van der Waals surface area contributed by atoms with E-state index < -0.39 is 30.5 Å². The van der Waals surface area contributed by atoms with Crippen molar-refractivity contribution < 1.29 is 28.1 Å². The van der Waals surface area contributed by atoms with Gasteiger partial charge < -0.3 is 20.7 Å². The summed E-state index contributed by atoms with van der Waals surface area (Å²) in [6.07, 6.45) is -2.99. The molecule has 2 aromatic rings. The van der Waals surface area contributed by atoms with E-state index in [2.05, 4.69) is 0 Å². The third kappa shape index (κ3) is 7.96. The molecule has 0 aliphatic carbocycles. The van der Waals surface area contributed by atoms with Crippen LogP contribution in [0.15, 0.2) is 42.5 Å². The van der Waals surface area contributed by atoms with E-state index in [9.17, 15) is 23.4 Å². The molecule has 0 saturated carbocycles. The Balaban J connectivity index is 0.00000450. The van der Waals surface area contributed by atoms with Gasteiger partial charge in [-0.1, -0.05) is 29.8 Å². The molecule has 4 N–H and O–H groups in total. The largest absolute Gasteiger partial charge is 0.493 e. The number of halogens is 5. The molecule has 2 aromatic carbocycles.